The first-order chi connectivity index (χ1) is 8.19. The van der Waals surface area contributed by atoms with Crippen molar-refractivity contribution in [2.75, 3.05) is 11.8 Å². The van der Waals surface area contributed by atoms with Gasteiger partial charge < -0.3 is 10.7 Å². The molecule has 0 unspecified atom stereocenters. The second-order valence-electron chi connectivity index (χ2n) is 4.14. The van der Waals surface area contributed by atoms with Gasteiger partial charge in [-0.1, -0.05) is 12.1 Å². The van der Waals surface area contributed by atoms with E-state index in [0.29, 0.717) is 24.6 Å². The van der Waals surface area contributed by atoms with Gasteiger partial charge in [-0.05, 0) is 25.0 Å². The molecule has 5 heteroatoms. The van der Waals surface area contributed by atoms with Gasteiger partial charge in [-0.15, -0.1) is 23.2 Å². The Labute approximate surface area is 110 Å². The summed E-state index contributed by atoms with van der Waals surface area (Å²) in [6.45, 7) is 0. The summed E-state index contributed by atoms with van der Waals surface area (Å²) in [5.41, 5.74) is 7.68. The average molecular weight is 272 g/mol. The van der Waals surface area contributed by atoms with E-state index in [1.165, 1.54) is 0 Å². The van der Waals surface area contributed by atoms with Crippen LogP contribution in [0, 0.1) is 0 Å². The molecular formula is C12H15Cl2N3. The molecule has 0 saturated heterocycles. The summed E-state index contributed by atoms with van der Waals surface area (Å²) >= 11 is 11.6. The number of nitrogens with two attached hydrogens (primary N) is 1. The topological polar surface area (TPSA) is 54.7 Å². The van der Waals surface area contributed by atoms with Crippen LogP contribution in [-0.2, 0) is 5.54 Å². The van der Waals surface area contributed by atoms with Crippen LogP contribution in [0.25, 0.3) is 11.0 Å². The molecule has 3 nitrogen and oxygen atoms in total. The maximum Gasteiger partial charge on any atom is 0.127 e. The van der Waals surface area contributed by atoms with Crippen LogP contribution in [0.15, 0.2) is 24.3 Å². The Kier molecular flexibility index (Phi) is 3.92. The van der Waals surface area contributed by atoms with Crippen LogP contribution < -0.4 is 5.73 Å². The third-order valence-corrected chi connectivity index (χ3v) is 3.32. The number of alkyl halides is 2. The largest absolute Gasteiger partial charge is 0.340 e. The molecule has 2 aromatic rings. The van der Waals surface area contributed by atoms with Gasteiger partial charge in [0.2, 0.25) is 0 Å². The number of hydrogen-bond acceptors (Lipinski definition) is 2. The van der Waals surface area contributed by atoms with Crippen molar-refractivity contribution in [1.82, 2.24) is 9.97 Å². The Morgan fingerprint density at radius 3 is 2.41 bits per heavy atom. The summed E-state index contributed by atoms with van der Waals surface area (Å²) < 4.78 is 0. The fourth-order valence-corrected chi connectivity index (χ4v) is 2.56. The van der Waals surface area contributed by atoms with Gasteiger partial charge in [0.05, 0.1) is 16.6 Å². The summed E-state index contributed by atoms with van der Waals surface area (Å²) in [6, 6.07) is 7.85. The van der Waals surface area contributed by atoms with Crippen LogP contribution in [0.5, 0.6) is 0 Å². The van der Waals surface area contributed by atoms with Crippen LogP contribution in [-0.4, -0.2) is 21.7 Å². The van der Waals surface area contributed by atoms with Crippen molar-refractivity contribution < 1.29 is 0 Å². The minimum absolute atomic E-state index is 0.491. The van der Waals surface area contributed by atoms with Gasteiger partial charge in [-0.2, -0.15) is 0 Å². The van der Waals surface area contributed by atoms with Gasteiger partial charge >= 0.3 is 0 Å². The van der Waals surface area contributed by atoms with E-state index < -0.39 is 5.54 Å². The average Bonchev–Trinajstić information content (AvgIpc) is 2.74. The summed E-state index contributed by atoms with van der Waals surface area (Å²) in [6.07, 6.45) is 1.31. The molecule has 3 N–H and O–H groups in total. The fraction of sp³-hybridized carbons (Fsp3) is 0.417. The van der Waals surface area contributed by atoms with E-state index >= 15 is 0 Å². The van der Waals surface area contributed by atoms with Gasteiger partial charge in [0.15, 0.2) is 0 Å². The maximum absolute atomic E-state index is 6.34. The number of aromatic nitrogens is 2. The fourth-order valence-electron chi connectivity index (χ4n) is 1.89. The first-order valence-electron chi connectivity index (χ1n) is 5.55. The summed E-state index contributed by atoms with van der Waals surface area (Å²) in [4.78, 5) is 7.78. The SMILES string of the molecule is NC(CCCl)(CCCl)c1nc2ccccc2[nH]1. The zero-order chi connectivity index (χ0) is 12.3. The number of nitrogens with one attached hydrogen (secondary N) is 1. The van der Waals surface area contributed by atoms with Crippen LogP contribution in [0.2, 0.25) is 0 Å². The molecule has 0 radical (unpaired) electrons. The standard InChI is InChI=1S/C12H15Cl2N3/c13-7-5-12(15,6-8-14)11-16-9-3-1-2-4-10(9)17-11/h1-4H,5-8,15H2,(H,16,17). The maximum atomic E-state index is 6.34. The van der Waals surface area contributed by atoms with Crippen LogP contribution >= 0.6 is 23.2 Å². The Morgan fingerprint density at radius 1 is 1.18 bits per heavy atom. The predicted molar refractivity (Wildman–Crippen MR) is 72.6 cm³/mol. The van der Waals surface area contributed by atoms with Gasteiger partial charge in [0.25, 0.3) is 0 Å². The number of halogens is 2. The molecule has 1 aromatic carbocycles. The number of para-hydroxylation sites is 2. The molecule has 0 fully saturated rings. The van der Waals surface area contributed by atoms with Crippen LogP contribution in [0.3, 0.4) is 0 Å². The molecule has 0 amide bonds. The van der Waals surface area contributed by atoms with Crippen molar-refractivity contribution in [3.05, 3.63) is 30.1 Å². The van der Waals surface area contributed by atoms with E-state index in [2.05, 4.69) is 9.97 Å². The van der Waals surface area contributed by atoms with Gasteiger partial charge in [-0.25, -0.2) is 4.98 Å². The lowest BCUT2D eigenvalue weighted by molar-refractivity contribution is 0.396. The van der Waals surface area contributed by atoms with Crippen molar-refractivity contribution in [2.45, 2.75) is 18.4 Å². The molecule has 0 aliphatic carbocycles. The van der Waals surface area contributed by atoms with Gasteiger partial charge in [0, 0.05) is 11.8 Å². The number of fused-ring (bicyclic) bond motifs is 1. The number of benzene rings is 1. The highest BCUT2D eigenvalue weighted by Crippen LogP contribution is 2.26. The third-order valence-electron chi connectivity index (χ3n) is 2.94. The lowest BCUT2D eigenvalue weighted by atomic mass is 9.93. The highest BCUT2D eigenvalue weighted by atomic mass is 35.5. The van der Waals surface area contributed by atoms with Crippen LogP contribution in [0.4, 0.5) is 0 Å². The number of aromatic amines is 1. The molecule has 92 valence electrons. The normalized spacial score (nSPS) is 12.2. The number of nitrogens with zero attached hydrogens (tertiary/aromatic N) is 1. The highest BCUT2D eigenvalue weighted by molar-refractivity contribution is 6.18. The van der Waals surface area contributed by atoms with Crippen molar-refractivity contribution >= 4 is 34.2 Å². The smallest absolute Gasteiger partial charge is 0.127 e. The monoisotopic (exact) mass is 271 g/mol. The Morgan fingerprint density at radius 2 is 1.82 bits per heavy atom. The Bertz CT molecular complexity index is 456. The molecule has 1 heterocycles. The molecule has 2 rings (SSSR count). The first-order valence-corrected chi connectivity index (χ1v) is 6.62. The molecule has 0 atom stereocenters. The first kappa shape index (κ1) is 12.7. The zero-order valence-corrected chi connectivity index (χ0v) is 10.9. The quantitative estimate of drug-likeness (QED) is 0.822. The van der Waals surface area contributed by atoms with E-state index in [1.807, 2.05) is 24.3 Å². The second-order valence-corrected chi connectivity index (χ2v) is 4.89. The van der Waals surface area contributed by atoms with Crippen LogP contribution in [0.1, 0.15) is 18.7 Å². The van der Waals surface area contributed by atoms with E-state index in [4.69, 9.17) is 28.9 Å². The minimum atomic E-state index is -0.567. The van der Waals surface area contributed by atoms with Crippen molar-refractivity contribution in [2.24, 2.45) is 5.73 Å². The summed E-state index contributed by atoms with van der Waals surface area (Å²) in [7, 11) is 0. The van der Waals surface area contributed by atoms with E-state index in [1.54, 1.807) is 0 Å². The second kappa shape index (κ2) is 5.25. The molecule has 0 saturated carbocycles. The molecule has 1 aromatic heterocycles. The lowest BCUT2D eigenvalue weighted by Gasteiger charge is -2.25. The van der Waals surface area contributed by atoms with Gasteiger partial charge in [-0.3, -0.25) is 0 Å². The molecule has 0 aliphatic heterocycles. The molecule has 0 bridgehead atoms. The highest BCUT2D eigenvalue weighted by Gasteiger charge is 2.29. The minimum Gasteiger partial charge on any atom is -0.340 e. The lowest BCUT2D eigenvalue weighted by Crippen LogP contribution is -2.39. The van der Waals surface area contributed by atoms with Crippen molar-refractivity contribution in [3.8, 4) is 0 Å². The molecular weight excluding hydrogens is 257 g/mol. The Hall–Kier alpha value is -0.770. The van der Waals surface area contributed by atoms with E-state index in [9.17, 15) is 0 Å². The number of imidazole rings is 1. The Balaban J connectivity index is 2.41. The summed E-state index contributed by atoms with van der Waals surface area (Å²) in [5, 5.41) is 0. The number of rotatable bonds is 5. The number of hydrogen-bond donors (Lipinski definition) is 2. The third kappa shape index (κ3) is 2.57. The van der Waals surface area contributed by atoms with Gasteiger partial charge in [0.1, 0.15) is 5.82 Å². The molecule has 0 spiro atoms. The molecule has 0 aliphatic rings. The molecule has 17 heavy (non-hydrogen) atoms. The van der Waals surface area contributed by atoms with E-state index in [0.717, 1.165) is 16.9 Å². The predicted octanol–water partition coefficient (Wildman–Crippen LogP) is 2.97. The van der Waals surface area contributed by atoms with Crippen molar-refractivity contribution in [3.63, 3.8) is 0 Å². The zero-order valence-electron chi connectivity index (χ0n) is 9.42. The van der Waals surface area contributed by atoms with E-state index in [-0.39, 0.29) is 0 Å². The summed E-state index contributed by atoms with van der Waals surface area (Å²) in [5.74, 6) is 1.74. The number of H-pyrrole nitrogens is 1. The van der Waals surface area contributed by atoms with Crippen molar-refractivity contribution in [1.29, 1.82) is 0 Å².